The van der Waals surface area contributed by atoms with E-state index < -0.39 is 9.84 Å². The predicted molar refractivity (Wildman–Crippen MR) is 110 cm³/mol. The minimum atomic E-state index is -3.38. The summed E-state index contributed by atoms with van der Waals surface area (Å²) in [6, 6.07) is 6.69. The van der Waals surface area contributed by atoms with Gasteiger partial charge in [0.05, 0.1) is 24.5 Å². The first-order chi connectivity index (χ1) is 13.4. The summed E-state index contributed by atoms with van der Waals surface area (Å²) >= 11 is 1.77. The lowest BCUT2D eigenvalue weighted by Gasteiger charge is -2.29. The summed E-state index contributed by atoms with van der Waals surface area (Å²) in [5, 5.41) is 0.153. The molecule has 2 aliphatic rings. The third-order valence-corrected chi connectivity index (χ3v) is 7.25. The molecule has 8 heteroatoms. The lowest BCUT2D eigenvalue weighted by Crippen LogP contribution is -2.31. The van der Waals surface area contributed by atoms with Crippen LogP contribution in [0.2, 0.25) is 0 Å². The molecule has 1 unspecified atom stereocenters. The van der Waals surface area contributed by atoms with Crippen LogP contribution in [-0.2, 0) is 40.6 Å². The normalized spacial score (nSPS) is 20.4. The van der Waals surface area contributed by atoms with E-state index in [9.17, 15) is 8.42 Å². The van der Waals surface area contributed by atoms with Gasteiger partial charge in [-0.2, -0.15) is 0 Å². The molecular weight excluding hydrogens is 394 g/mol. The molecule has 1 atom stereocenters. The number of imidazole rings is 1. The predicted octanol–water partition coefficient (Wildman–Crippen LogP) is 2.75. The Morgan fingerprint density at radius 2 is 2.18 bits per heavy atom. The van der Waals surface area contributed by atoms with Crippen molar-refractivity contribution in [1.29, 1.82) is 0 Å². The molecule has 0 bridgehead atoms. The van der Waals surface area contributed by atoms with Crippen LogP contribution in [0.15, 0.2) is 34.4 Å². The molecule has 1 fully saturated rings. The summed E-state index contributed by atoms with van der Waals surface area (Å²) in [5.74, 6) is 0. The fraction of sp³-hybridized carbons (Fsp3) is 0.550. The highest BCUT2D eigenvalue weighted by atomic mass is 32.2. The number of hydrogen-bond donors (Lipinski definition) is 0. The van der Waals surface area contributed by atoms with E-state index in [2.05, 4.69) is 34.3 Å². The third-order valence-electron chi connectivity index (χ3n) is 5.53. The molecule has 1 saturated heterocycles. The Balaban J connectivity index is 1.55. The molecule has 2 aliphatic heterocycles. The van der Waals surface area contributed by atoms with Gasteiger partial charge in [-0.15, -0.1) is 11.8 Å². The Morgan fingerprint density at radius 3 is 2.89 bits per heavy atom. The summed E-state index contributed by atoms with van der Waals surface area (Å²) in [7, 11) is -3.38. The molecule has 1 aromatic carbocycles. The fourth-order valence-corrected chi connectivity index (χ4v) is 5.38. The van der Waals surface area contributed by atoms with Crippen LogP contribution in [0.5, 0.6) is 0 Å². The van der Waals surface area contributed by atoms with Crippen LogP contribution in [0.4, 0.5) is 0 Å². The maximum absolute atomic E-state index is 12.2. The number of aromatic nitrogens is 2. The highest BCUT2D eigenvalue weighted by molar-refractivity contribution is 7.98. The molecule has 2 aromatic rings. The molecule has 1 aromatic heterocycles. The second-order valence-electron chi connectivity index (χ2n) is 7.65. The van der Waals surface area contributed by atoms with Crippen molar-refractivity contribution in [2.45, 2.75) is 55.1 Å². The first-order valence-corrected chi connectivity index (χ1v) is 12.8. The van der Waals surface area contributed by atoms with E-state index in [1.807, 2.05) is 4.57 Å². The van der Waals surface area contributed by atoms with Crippen LogP contribution in [-0.4, -0.2) is 54.6 Å². The molecule has 152 valence electrons. The van der Waals surface area contributed by atoms with Gasteiger partial charge in [-0.3, -0.25) is 4.90 Å². The van der Waals surface area contributed by atoms with Gasteiger partial charge in [0.25, 0.3) is 0 Å². The van der Waals surface area contributed by atoms with E-state index in [-0.39, 0.29) is 11.3 Å². The average Bonchev–Trinajstić information content (AvgIpc) is 3.32. The van der Waals surface area contributed by atoms with E-state index in [0.717, 1.165) is 44.7 Å². The molecule has 4 rings (SSSR count). The maximum atomic E-state index is 12.2. The lowest BCUT2D eigenvalue weighted by molar-refractivity contribution is 0.0931. The summed E-state index contributed by atoms with van der Waals surface area (Å²) in [4.78, 5) is 7.93. The number of nitrogens with zero attached hydrogens (tertiary/aromatic N) is 3. The number of sulfone groups is 1. The summed E-state index contributed by atoms with van der Waals surface area (Å²) in [6.07, 6.45) is 8.14. The van der Waals surface area contributed by atoms with Crippen LogP contribution in [0.3, 0.4) is 0 Å². The van der Waals surface area contributed by atoms with Crippen molar-refractivity contribution in [2.24, 2.45) is 0 Å². The van der Waals surface area contributed by atoms with Crippen LogP contribution in [0.25, 0.3) is 0 Å². The van der Waals surface area contributed by atoms with Gasteiger partial charge in [0.15, 0.2) is 0 Å². The van der Waals surface area contributed by atoms with Crippen molar-refractivity contribution in [3.8, 4) is 0 Å². The molecule has 6 nitrogen and oxygen atoms in total. The van der Waals surface area contributed by atoms with Crippen molar-refractivity contribution >= 4 is 21.6 Å². The topological polar surface area (TPSA) is 64.4 Å². The van der Waals surface area contributed by atoms with Crippen molar-refractivity contribution in [2.75, 3.05) is 25.7 Å². The van der Waals surface area contributed by atoms with Crippen molar-refractivity contribution < 1.29 is 13.2 Å². The maximum Gasteiger partial charge on any atom is 0.227 e. The van der Waals surface area contributed by atoms with E-state index in [0.29, 0.717) is 13.1 Å². The van der Waals surface area contributed by atoms with Gasteiger partial charge in [-0.05, 0) is 48.8 Å². The molecule has 0 N–H and O–H groups in total. The van der Waals surface area contributed by atoms with Gasteiger partial charge in [-0.1, -0.05) is 6.07 Å². The molecule has 28 heavy (non-hydrogen) atoms. The quantitative estimate of drug-likeness (QED) is 0.669. The number of ether oxygens (including phenoxy) is 1. The van der Waals surface area contributed by atoms with E-state index >= 15 is 0 Å². The Kier molecular flexibility index (Phi) is 5.83. The van der Waals surface area contributed by atoms with Gasteiger partial charge < -0.3 is 9.30 Å². The van der Waals surface area contributed by atoms with Gasteiger partial charge in [0.2, 0.25) is 15.0 Å². The highest BCUT2D eigenvalue weighted by Gasteiger charge is 2.25. The van der Waals surface area contributed by atoms with Gasteiger partial charge in [-0.25, -0.2) is 13.4 Å². The van der Waals surface area contributed by atoms with Crippen molar-refractivity contribution in [3.63, 3.8) is 0 Å². The van der Waals surface area contributed by atoms with Crippen molar-refractivity contribution in [1.82, 2.24) is 14.5 Å². The first kappa shape index (κ1) is 19.9. The summed E-state index contributed by atoms with van der Waals surface area (Å²) in [6.45, 7) is 3.84. The fourth-order valence-electron chi connectivity index (χ4n) is 4.08. The molecule has 0 saturated carbocycles. The number of fused-ring (bicyclic) bond motifs is 1. The molecule has 0 amide bonds. The average molecular weight is 422 g/mol. The van der Waals surface area contributed by atoms with Crippen LogP contribution in [0, 0.1) is 0 Å². The second kappa shape index (κ2) is 8.18. The number of rotatable bonds is 6. The van der Waals surface area contributed by atoms with E-state index in [1.54, 1.807) is 18.0 Å². The Morgan fingerprint density at radius 1 is 1.32 bits per heavy atom. The van der Waals surface area contributed by atoms with Gasteiger partial charge in [0.1, 0.15) is 0 Å². The minimum absolute atomic E-state index is 0.0699. The van der Waals surface area contributed by atoms with E-state index in [4.69, 9.17) is 4.74 Å². The zero-order chi connectivity index (χ0) is 19.7. The van der Waals surface area contributed by atoms with Crippen molar-refractivity contribution in [3.05, 3.63) is 41.2 Å². The first-order valence-electron chi connectivity index (χ1n) is 9.68. The minimum Gasteiger partial charge on any atom is -0.376 e. The van der Waals surface area contributed by atoms with Gasteiger partial charge in [0, 0.05) is 37.4 Å². The number of benzene rings is 1. The lowest BCUT2D eigenvalue weighted by atomic mass is 10.00. The van der Waals surface area contributed by atoms with Crippen LogP contribution < -0.4 is 0 Å². The molecule has 0 spiro atoms. The van der Waals surface area contributed by atoms with Gasteiger partial charge >= 0.3 is 0 Å². The largest absolute Gasteiger partial charge is 0.376 e. The monoisotopic (exact) mass is 421 g/mol. The Labute approximate surface area is 171 Å². The smallest absolute Gasteiger partial charge is 0.227 e. The molecule has 0 radical (unpaired) electrons. The zero-order valence-corrected chi connectivity index (χ0v) is 18.1. The Hall–Kier alpha value is -1.35. The highest BCUT2D eigenvalue weighted by Crippen LogP contribution is 2.26. The summed E-state index contributed by atoms with van der Waals surface area (Å²) < 4.78 is 32.0. The van der Waals surface area contributed by atoms with Crippen LogP contribution in [0.1, 0.15) is 29.7 Å². The molecule has 3 heterocycles. The molecular formula is C20H27N3O3S2. The number of hydrogen-bond acceptors (Lipinski definition) is 6. The Bertz CT molecular complexity index is 950. The third kappa shape index (κ3) is 4.30. The SMILES string of the molecule is CSc1ccc2c(c1)CCN(Cc1cnc(S(C)(=O)=O)n1CC1CCCO1)C2. The summed E-state index contributed by atoms with van der Waals surface area (Å²) in [5.41, 5.74) is 3.73. The molecule has 0 aliphatic carbocycles. The second-order valence-corrected chi connectivity index (χ2v) is 10.4. The zero-order valence-electron chi connectivity index (χ0n) is 16.4. The van der Waals surface area contributed by atoms with E-state index in [1.165, 1.54) is 22.3 Å². The van der Waals surface area contributed by atoms with Crippen LogP contribution >= 0.6 is 11.8 Å². The standard InChI is InChI=1S/C20H27N3O3S2/c1-27-19-6-5-16-12-22(8-7-15(16)10-19)13-17-11-21-20(28(2,24)25)23(17)14-18-4-3-9-26-18/h5-6,10-11,18H,3-4,7-9,12-14H2,1-2H3. The number of thioether (sulfide) groups is 1.